The molecule has 7 heteroatoms. The lowest BCUT2D eigenvalue weighted by Crippen LogP contribution is -2.47. The Hall–Kier alpha value is -3.35. The highest BCUT2D eigenvalue weighted by Crippen LogP contribution is 2.44. The van der Waals surface area contributed by atoms with Gasteiger partial charge in [0.2, 0.25) is 5.91 Å². The quantitative estimate of drug-likeness (QED) is 0.558. The summed E-state index contributed by atoms with van der Waals surface area (Å²) in [5, 5.41) is 14.4. The van der Waals surface area contributed by atoms with E-state index in [1.807, 2.05) is 31.2 Å². The summed E-state index contributed by atoms with van der Waals surface area (Å²) in [5.74, 6) is -1.60. The van der Waals surface area contributed by atoms with Gasteiger partial charge < -0.3 is 20.5 Å². The van der Waals surface area contributed by atoms with E-state index in [4.69, 9.17) is 9.84 Å². The molecule has 0 radical (unpaired) electrons. The molecule has 2 aromatic rings. The molecular formula is C25H28N2O5. The van der Waals surface area contributed by atoms with Gasteiger partial charge in [-0.05, 0) is 41.0 Å². The maximum absolute atomic E-state index is 12.5. The van der Waals surface area contributed by atoms with Crippen molar-refractivity contribution in [1.82, 2.24) is 10.6 Å². The highest BCUT2D eigenvalue weighted by Gasteiger charge is 2.43. The molecule has 1 fully saturated rings. The number of fused-ring (bicyclic) bond motifs is 3. The third-order valence-electron chi connectivity index (χ3n) is 6.31. The third-order valence-corrected chi connectivity index (χ3v) is 6.31. The van der Waals surface area contributed by atoms with Crippen molar-refractivity contribution in [2.24, 2.45) is 11.8 Å². The van der Waals surface area contributed by atoms with Crippen molar-refractivity contribution in [3.63, 3.8) is 0 Å². The van der Waals surface area contributed by atoms with E-state index in [1.165, 1.54) is 0 Å². The van der Waals surface area contributed by atoms with Crippen LogP contribution in [0.15, 0.2) is 48.5 Å². The molecule has 0 spiro atoms. The lowest BCUT2D eigenvalue weighted by molar-refractivity contribution is -0.139. The van der Waals surface area contributed by atoms with Gasteiger partial charge >= 0.3 is 12.1 Å². The van der Waals surface area contributed by atoms with E-state index in [0.717, 1.165) is 22.3 Å². The van der Waals surface area contributed by atoms with Gasteiger partial charge in [0.05, 0.1) is 5.92 Å². The smallest absolute Gasteiger partial charge is 0.407 e. The normalized spacial score (nSPS) is 19.4. The summed E-state index contributed by atoms with van der Waals surface area (Å²) in [4.78, 5) is 36.0. The lowest BCUT2D eigenvalue weighted by atomic mass is 9.98. The summed E-state index contributed by atoms with van der Waals surface area (Å²) in [6, 6.07) is 15.5. The number of aliphatic carboxylic acids is 1. The van der Waals surface area contributed by atoms with Crippen LogP contribution >= 0.6 is 0 Å². The zero-order valence-corrected chi connectivity index (χ0v) is 18.0. The molecule has 3 atom stereocenters. The SMILES string of the molecule is CCC[C@@H](NC(=O)OCC1c2ccccc2-c2ccccc21)C(=O)NCC1CC1C(=O)O. The third kappa shape index (κ3) is 4.61. The summed E-state index contributed by atoms with van der Waals surface area (Å²) >= 11 is 0. The predicted octanol–water partition coefficient (Wildman–Crippen LogP) is 3.53. The highest BCUT2D eigenvalue weighted by molar-refractivity contribution is 5.86. The zero-order valence-electron chi connectivity index (χ0n) is 18.0. The van der Waals surface area contributed by atoms with E-state index in [-0.39, 0.29) is 30.3 Å². The summed E-state index contributed by atoms with van der Waals surface area (Å²) in [6.45, 7) is 2.42. The average molecular weight is 437 g/mol. The number of carbonyl (C=O) groups is 3. The number of carboxylic acids is 1. The van der Waals surface area contributed by atoms with Crippen LogP contribution in [0.3, 0.4) is 0 Å². The fourth-order valence-electron chi connectivity index (χ4n) is 4.47. The fourth-order valence-corrected chi connectivity index (χ4v) is 4.47. The predicted molar refractivity (Wildman–Crippen MR) is 119 cm³/mol. The van der Waals surface area contributed by atoms with Crippen LogP contribution in [0.2, 0.25) is 0 Å². The van der Waals surface area contributed by atoms with Crippen molar-refractivity contribution >= 4 is 18.0 Å². The summed E-state index contributed by atoms with van der Waals surface area (Å²) in [6.07, 6.45) is 1.13. The van der Waals surface area contributed by atoms with Crippen LogP contribution in [-0.2, 0) is 14.3 Å². The summed E-state index contributed by atoms with van der Waals surface area (Å²) < 4.78 is 5.55. The number of hydrogen-bond donors (Lipinski definition) is 3. The Balaban J connectivity index is 1.33. The second-order valence-electron chi connectivity index (χ2n) is 8.50. The standard InChI is InChI=1S/C25H28N2O5/c1-2-7-22(23(28)26-13-15-12-20(15)24(29)30)27-25(31)32-14-21-18-10-5-3-8-16(18)17-9-4-6-11-19(17)21/h3-6,8-11,15,20-22H,2,7,12-14H2,1H3,(H,26,28)(H,27,31)(H,29,30)/t15?,20?,22-/m1/s1. The first-order valence-electron chi connectivity index (χ1n) is 11.1. The number of hydrogen-bond acceptors (Lipinski definition) is 4. The lowest BCUT2D eigenvalue weighted by Gasteiger charge is -2.19. The molecule has 0 bridgehead atoms. The van der Waals surface area contributed by atoms with Gasteiger partial charge in [-0.15, -0.1) is 0 Å². The minimum atomic E-state index is -0.828. The molecule has 1 saturated carbocycles. The Morgan fingerprint density at radius 1 is 1.06 bits per heavy atom. The summed E-state index contributed by atoms with van der Waals surface area (Å²) in [5.41, 5.74) is 4.56. The molecule has 0 heterocycles. The molecule has 32 heavy (non-hydrogen) atoms. The molecule has 2 aliphatic rings. The Labute approximate surface area is 187 Å². The van der Waals surface area contributed by atoms with Crippen molar-refractivity contribution in [2.75, 3.05) is 13.2 Å². The number of rotatable bonds is 9. The molecule has 2 aromatic carbocycles. The maximum atomic E-state index is 12.5. The van der Waals surface area contributed by atoms with Gasteiger partial charge in [0, 0.05) is 12.5 Å². The fraction of sp³-hybridized carbons (Fsp3) is 0.400. The van der Waals surface area contributed by atoms with E-state index in [1.54, 1.807) is 0 Å². The van der Waals surface area contributed by atoms with Crippen LogP contribution in [0, 0.1) is 11.8 Å². The zero-order chi connectivity index (χ0) is 22.7. The van der Waals surface area contributed by atoms with E-state index in [2.05, 4.69) is 34.9 Å². The van der Waals surface area contributed by atoms with Crippen LogP contribution in [0.4, 0.5) is 4.79 Å². The minimum absolute atomic E-state index is 0.0341. The van der Waals surface area contributed by atoms with Crippen LogP contribution in [0.1, 0.15) is 43.2 Å². The first-order valence-corrected chi connectivity index (χ1v) is 11.1. The second-order valence-corrected chi connectivity index (χ2v) is 8.50. The number of alkyl carbamates (subject to hydrolysis) is 1. The molecule has 4 rings (SSSR count). The molecule has 7 nitrogen and oxygen atoms in total. The van der Waals surface area contributed by atoms with Crippen molar-refractivity contribution < 1.29 is 24.2 Å². The number of nitrogens with one attached hydrogen (secondary N) is 2. The van der Waals surface area contributed by atoms with Crippen LogP contribution < -0.4 is 10.6 Å². The molecule has 3 N–H and O–H groups in total. The van der Waals surface area contributed by atoms with Gasteiger partial charge in [0.1, 0.15) is 12.6 Å². The van der Waals surface area contributed by atoms with Gasteiger partial charge in [-0.2, -0.15) is 0 Å². The average Bonchev–Trinajstić information content (AvgIpc) is 3.51. The first kappa shape index (κ1) is 21.9. The number of benzene rings is 2. The van der Waals surface area contributed by atoms with E-state index >= 15 is 0 Å². The van der Waals surface area contributed by atoms with Gasteiger partial charge in [-0.25, -0.2) is 4.79 Å². The number of ether oxygens (including phenoxy) is 1. The van der Waals surface area contributed by atoms with Crippen molar-refractivity contribution in [3.05, 3.63) is 59.7 Å². The van der Waals surface area contributed by atoms with Crippen LogP contribution in [0.5, 0.6) is 0 Å². The van der Waals surface area contributed by atoms with Crippen molar-refractivity contribution in [3.8, 4) is 11.1 Å². The van der Waals surface area contributed by atoms with Gasteiger partial charge in [-0.3, -0.25) is 9.59 Å². The first-order chi connectivity index (χ1) is 15.5. The molecule has 2 amide bonds. The van der Waals surface area contributed by atoms with Crippen LogP contribution in [-0.4, -0.2) is 42.3 Å². The number of amides is 2. The molecule has 0 aliphatic heterocycles. The minimum Gasteiger partial charge on any atom is -0.481 e. The van der Waals surface area contributed by atoms with E-state index in [0.29, 0.717) is 25.8 Å². The molecule has 168 valence electrons. The molecule has 2 aliphatic carbocycles. The molecule has 2 unspecified atom stereocenters. The number of carbonyl (C=O) groups excluding carboxylic acids is 2. The van der Waals surface area contributed by atoms with E-state index < -0.39 is 18.1 Å². The topological polar surface area (TPSA) is 105 Å². The number of carboxylic acid groups (broad SMARTS) is 1. The second kappa shape index (κ2) is 9.42. The maximum Gasteiger partial charge on any atom is 0.407 e. The Morgan fingerprint density at radius 2 is 1.69 bits per heavy atom. The molecule has 0 saturated heterocycles. The van der Waals surface area contributed by atoms with Gasteiger partial charge in [0.15, 0.2) is 0 Å². The van der Waals surface area contributed by atoms with Crippen LogP contribution in [0.25, 0.3) is 11.1 Å². The van der Waals surface area contributed by atoms with Gasteiger partial charge in [-0.1, -0.05) is 61.9 Å². The van der Waals surface area contributed by atoms with Gasteiger partial charge in [0.25, 0.3) is 0 Å². The molecular weight excluding hydrogens is 408 g/mol. The van der Waals surface area contributed by atoms with Crippen molar-refractivity contribution in [2.45, 2.75) is 38.1 Å². The monoisotopic (exact) mass is 436 g/mol. The Bertz CT molecular complexity index is 975. The Kier molecular flexibility index (Phi) is 6.44. The Morgan fingerprint density at radius 3 is 2.25 bits per heavy atom. The van der Waals surface area contributed by atoms with E-state index in [9.17, 15) is 14.4 Å². The van der Waals surface area contributed by atoms with Crippen molar-refractivity contribution in [1.29, 1.82) is 0 Å². The molecule has 0 aromatic heterocycles. The highest BCUT2D eigenvalue weighted by atomic mass is 16.5. The largest absolute Gasteiger partial charge is 0.481 e. The summed E-state index contributed by atoms with van der Waals surface area (Å²) in [7, 11) is 0.